The highest BCUT2D eigenvalue weighted by molar-refractivity contribution is 5.28. The van der Waals surface area contributed by atoms with Crippen LogP contribution in [0, 0.1) is 0 Å². The van der Waals surface area contributed by atoms with Crippen molar-refractivity contribution < 1.29 is 9.84 Å². The lowest BCUT2D eigenvalue weighted by molar-refractivity contribution is 0.194. The second-order valence-corrected chi connectivity index (χ2v) is 3.25. The number of hydrogen-bond donors (Lipinski definition) is 2. The van der Waals surface area contributed by atoms with E-state index in [0.717, 1.165) is 12.1 Å². The third kappa shape index (κ3) is 3.49. The van der Waals surface area contributed by atoms with Gasteiger partial charge in [0.25, 0.3) is 0 Å². The van der Waals surface area contributed by atoms with Crippen molar-refractivity contribution in [3.8, 4) is 5.88 Å². The molecule has 1 unspecified atom stereocenters. The molecule has 0 aliphatic carbocycles. The predicted octanol–water partition coefficient (Wildman–Crippen LogP) is 1.12. The van der Waals surface area contributed by atoms with E-state index in [2.05, 4.69) is 24.1 Å². The number of nitrogens with zero attached hydrogens (tertiary/aromatic N) is 1. The van der Waals surface area contributed by atoms with Crippen LogP contribution in [0.4, 0.5) is 0 Å². The van der Waals surface area contributed by atoms with Gasteiger partial charge in [-0.2, -0.15) is 0 Å². The van der Waals surface area contributed by atoms with E-state index in [-0.39, 0.29) is 19.3 Å². The maximum atomic E-state index is 8.69. The summed E-state index contributed by atoms with van der Waals surface area (Å²) in [6.45, 7) is 5.30. The minimum Gasteiger partial charge on any atom is -0.475 e. The molecular formula is C11H18N2O2. The minimum atomic E-state index is 0.00556. The van der Waals surface area contributed by atoms with Gasteiger partial charge in [0.05, 0.1) is 6.61 Å². The van der Waals surface area contributed by atoms with Crippen molar-refractivity contribution in [2.24, 2.45) is 0 Å². The van der Waals surface area contributed by atoms with Crippen LogP contribution < -0.4 is 10.1 Å². The molecule has 4 nitrogen and oxygen atoms in total. The lowest BCUT2D eigenvalue weighted by Gasteiger charge is -2.15. The van der Waals surface area contributed by atoms with E-state index in [1.807, 2.05) is 12.1 Å². The third-order valence-corrected chi connectivity index (χ3v) is 2.11. The molecule has 15 heavy (non-hydrogen) atoms. The van der Waals surface area contributed by atoms with Crippen molar-refractivity contribution in [1.82, 2.24) is 10.3 Å². The number of aliphatic hydroxyl groups is 1. The molecule has 0 aromatic carbocycles. The van der Waals surface area contributed by atoms with Crippen molar-refractivity contribution in [3.05, 3.63) is 23.9 Å². The summed E-state index contributed by atoms with van der Waals surface area (Å²) in [7, 11) is 0. The van der Waals surface area contributed by atoms with Crippen LogP contribution in [0.1, 0.15) is 25.5 Å². The third-order valence-electron chi connectivity index (χ3n) is 2.11. The molecule has 0 aliphatic heterocycles. The molecule has 1 heterocycles. The fourth-order valence-corrected chi connectivity index (χ4v) is 1.41. The highest BCUT2D eigenvalue weighted by Crippen LogP contribution is 2.21. The number of pyridine rings is 1. The first-order valence-corrected chi connectivity index (χ1v) is 5.21. The van der Waals surface area contributed by atoms with Crippen molar-refractivity contribution in [3.63, 3.8) is 0 Å². The SMILES string of the molecule is CCNC(C)c1cccnc1OCCO. The van der Waals surface area contributed by atoms with E-state index < -0.39 is 0 Å². The van der Waals surface area contributed by atoms with Crippen molar-refractivity contribution in [1.29, 1.82) is 0 Å². The molecule has 0 spiro atoms. The standard InChI is InChI=1S/C11H18N2O2/c1-3-12-9(2)10-5-4-6-13-11(10)15-8-7-14/h4-6,9,12,14H,3,7-8H2,1-2H3. The molecule has 0 radical (unpaired) electrons. The van der Waals surface area contributed by atoms with Gasteiger partial charge in [-0.1, -0.05) is 13.0 Å². The summed E-state index contributed by atoms with van der Waals surface area (Å²) in [6.07, 6.45) is 1.69. The number of aromatic nitrogens is 1. The van der Waals surface area contributed by atoms with E-state index in [4.69, 9.17) is 9.84 Å². The molecule has 1 aromatic rings. The molecule has 0 saturated carbocycles. The zero-order valence-corrected chi connectivity index (χ0v) is 9.23. The number of nitrogens with one attached hydrogen (secondary N) is 1. The van der Waals surface area contributed by atoms with Gasteiger partial charge in [0, 0.05) is 17.8 Å². The molecule has 0 bridgehead atoms. The second-order valence-electron chi connectivity index (χ2n) is 3.25. The van der Waals surface area contributed by atoms with E-state index in [9.17, 15) is 0 Å². The molecule has 2 N–H and O–H groups in total. The van der Waals surface area contributed by atoms with Gasteiger partial charge in [-0.25, -0.2) is 4.98 Å². The molecule has 1 atom stereocenters. The largest absolute Gasteiger partial charge is 0.475 e. The van der Waals surface area contributed by atoms with Crippen LogP contribution in [0.25, 0.3) is 0 Å². The van der Waals surface area contributed by atoms with E-state index in [1.54, 1.807) is 6.20 Å². The monoisotopic (exact) mass is 210 g/mol. The van der Waals surface area contributed by atoms with Gasteiger partial charge in [-0.15, -0.1) is 0 Å². The fraction of sp³-hybridized carbons (Fsp3) is 0.545. The topological polar surface area (TPSA) is 54.4 Å². The lowest BCUT2D eigenvalue weighted by Crippen LogP contribution is -2.19. The van der Waals surface area contributed by atoms with Crippen molar-refractivity contribution in [2.45, 2.75) is 19.9 Å². The van der Waals surface area contributed by atoms with Gasteiger partial charge in [-0.3, -0.25) is 0 Å². The summed E-state index contributed by atoms with van der Waals surface area (Å²) in [4.78, 5) is 4.15. The minimum absolute atomic E-state index is 0.00556. The van der Waals surface area contributed by atoms with E-state index >= 15 is 0 Å². The summed E-state index contributed by atoms with van der Waals surface area (Å²) in [6, 6.07) is 4.07. The average Bonchev–Trinajstić information content (AvgIpc) is 2.27. The zero-order valence-electron chi connectivity index (χ0n) is 9.23. The van der Waals surface area contributed by atoms with Crippen LogP contribution in [-0.2, 0) is 0 Å². The Bertz CT molecular complexity index is 292. The lowest BCUT2D eigenvalue weighted by atomic mass is 10.1. The average molecular weight is 210 g/mol. The molecule has 0 aliphatic rings. The molecule has 0 saturated heterocycles. The first kappa shape index (κ1) is 11.9. The maximum absolute atomic E-state index is 8.69. The van der Waals surface area contributed by atoms with E-state index in [0.29, 0.717) is 5.88 Å². The molecule has 0 amide bonds. The highest BCUT2D eigenvalue weighted by Gasteiger charge is 2.10. The Labute approximate surface area is 90.3 Å². The number of rotatable bonds is 6. The van der Waals surface area contributed by atoms with Crippen molar-refractivity contribution >= 4 is 0 Å². The van der Waals surface area contributed by atoms with Crippen LogP contribution in [0.5, 0.6) is 5.88 Å². The second kappa shape index (κ2) is 6.37. The number of aliphatic hydroxyl groups excluding tert-OH is 1. The van der Waals surface area contributed by atoms with Crippen LogP contribution >= 0.6 is 0 Å². The Balaban J connectivity index is 2.75. The number of ether oxygens (including phenoxy) is 1. The number of hydrogen-bond acceptors (Lipinski definition) is 4. The van der Waals surface area contributed by atoms with E-state index in [1.165, 1.54) is 0 Å². The van der Waals surface area contributed by atoms with Crippen LogP contribution in [-0.4, -0.2) is 29.8 Å². The van der Waals surface area contributed by atoms with Gasteiger partial charge in [-0.05, 0) is 19.5 Å². The van der Waals surface area contributed by atoms with Gasteiger partial charge < -0.3 is 15.2 Å². The Hall–Kier alpha value is -1.13. The Kier molecular flexibility index (Phi) is 5.07. The Morgan fingerprint density at radius 1 is 1.60 bits per heavy atom. The summed E-state index contributed by atoms with van der Waals surface area (Å²) >= 11 is 0. The molecule has 1 rings (SSSR count). The van der Waals surface area contributed by atoms with Crippen LogP contribution in [0.3, 0.4) is 0 Å². The summed E-state index contributed by atoms with van der Waals surface area (Å²) in [5.74, 6) is 0.597. The Morgan fingerprint density at radius 2 is 2.40 bits per heavy atom. The highest BCUT2D eigenvalue weighted by atomic mass is 16.5. The van der Waals surface area contributed by atoms with Crippen molar-refractivity contribution in [2.75, 3.05) is 19.8 Å². The fourth-order valence-electron chi connectivity index (χ4n) is 1.41. The molecule has 1 aromatic heterocycles. The molecule has 0 fully saturated rings. The Morgan fingerprint density at radius 3 is 3.07 bits per heavy atom. The maximum Gasteiger partial charge on any atom is 0.218 e. The van der Waals surface area contributed by atoms with Gasteiger partial charge in [0.15, 0.2) is 0 Å². The van der Waals surface area contributed by atoms with Crippen LogP contribution in [0.2, 0.25) is 0 Å². The zero-order chi connectivity index (χ0) is 11.1. The summed E-state index contributed by atoms with van der Waals surface area (Å²) < 4.78 is 5.35. The molecule has 84 valence electrons. The van der Waals surface area contributed by atoms with Gasteiger partial charge >= 0.3 is 0 Å². The summed E-state index contributed by atoms with van der Waals surface area (Å²) in [5, 5.41) is 12.0. The summed E-state index contributed by atoms with van der Waals surface area (Å²) in [5.41, 5.74) is 1.02. The first-order valence-electron chi connectivity index (χ1n) is 5.21. The normalized spacial score (nSPS) is 12.5. The smallest absolute Gasteiger partial charge is 0.218 e. The predicted molar refractivity (Wildman–Crippen MR) is 58.9 cm³/mol. The van der Waals surface area contributed by atoms with Gasteiger partial charge in [0.1, 0.15) is 6.61 Å². The van der Waals surface area contributed by atoms with Crippen LogP contribution in [0.15, 0.2) is 18.3 Å². The van der Waals surface area contributed by atoms with Gasteiger partial charge in [0.2, 0.25) is 5.88 Å². The molecular weight excluding hydrogens is 192 g/mol. The quantitative estimate of drug-likeness (QED) is 0.739. The first-order chi connectivity index (χ1) is 7.29. The molecule has 4 heteroatoms.